The van der Waals surface area contributed by atoms with Crippen LogP contribution in [0.15, 0.2) is 194 Å². The number of nitrogens with two attached hydrogens (primary N) is 1. The van der Waals surface area contributed by atoms with Gasteiger partial charge in [-0.05, 0) is 68.3 Å². The molecule has 0 saturated carbocycles. The number of carbonyl (C=O) groups excluding carboxylic acids is 1. The number of nitrogens with zero attached hydrogens (tertiary/aromatic N) is 3. The number of aldehydes is 1. The van der Waals surface area contributed by atoms with E-state index in [1.165, 1.54) is 35.2 Å². The van der Waals surface area contributed by atoms with Crippen LogP contribution in [0.25, 0.3) is 0 Å². The number of benzene rings is 4. The van der Waals surface area contributed by atoms with Crippen molar-refractivity contribution in [3.8, 4) is 23.0 Å². The number of aromatic nitrogens is 3. The lowest BCUT2D eigenvalue weighted by Gasteiger charge is -2.14. The molecule has 4 heterocycles. The van der Waals surface area contributed by atoms with Gasteiger partial charge in [0.2, 0.25) is 27.5 Å². The minimum Gasteiger partial charge on any atom is -0.483 e. The normalized spacial score (nSPS) is 10.1. The molecule has 0 aliphatic carbocycles. The summed E-state index contributed by atoms with van der Waals surface area (Å²) in [7, 11) is 0. The molecule has 80 heavy (non-hydrogen) atoms. The Labute approximate surface area is 467 Å². The zero-order valence-corrected chi connectivity index (χ0v) is 46.6. The number of hydrogen-bond acceptors (Lipinski definition) is 12. The first-order chi connectivity index (χ1) is 38.8. The van der Waals surface area contributed by atoms with E-state index in [0.29, 0.717) is 49.8 Å². The predicted molar refractivity (Wildman–Crippen MR) is 312 cm³/mol. The largest absolute Gasteiger partial charge is 0.483 e. The maximum Gasteiger partial charge on any atom is 0.356 e. The van der Waals surface area contributed by atoms with Gasteiger partial charge in [0.25, 0.3) is 0 Å². The number of rotatable bonds is 21. The van der Waals surface area contributed by atoms with Crippen molar-refractivity contribution in [2.45, 2.75) is 113 Å². The predicted octanol–water partition coefficient (Wildman–Crippen LogP) is 11.2. The number of carboxylic acid groups (broad SMARTS) is 1. The molecule has 0 bridgehead atoms. The van der Waals surface area contributed by atoms with Gasteiger partial charge in [0.15, 0.2) is 29.2 Å². The van der Waals surface area contributed by atoms with Crippen LogP contribution in [0, 0.1) is 13.8 Å². The van der Waals surface area contributed by atoms with E-state index in [-0.39, 0.29) is 52.4 Å². The first kappa shape index (κ1) is 63.5. The Kier molecular flexibility index (Phi) is 28.1. The van der Waals surface area contributed by atoms with Gasteiger partial charge in [0, 0.05) is 62.5 Å². The van der Waals surface area contributed by atoms with Gasteiger partial charge >= 0.3 is 5.97 Å². The molecule has 8 rings (SSSR count). The number of ether oxygens (including phenoxy) is 4. The highest BCUT2D eigenvalue weighted by Crippen LogP contribution is 2.18. The quantitative estimate of drug-likeness (QED) is 0.0642. The monoisotopic (exact) mass is 1090 g/mol. The van der Waals surface area contributed by atoms with E-state index in [0.717, 1.165) is 66.7 Å². The third-order valence-electron chi connectivity index (χ3n) is 11.6. The van der Waals surface area contributed by atoms with Crippen molar-refractivity contribution in [1.29, 1.82) is 0 Å². The molecule has 422 valence electrons. The maximum absolute atomic E-state index is 11.9. The van der Waals surface area contributed by atoms with Crippen molar-refractivity contribution in [1.82, 2.24) is 13.7 Å². The molecule has 0 spiro atoms. The molecule has 0 aliphatic rings. The summed E-state index contributed by atoms with van der Waals surface area (Å²) in [5, 5.41) is 9.36. The smallest absolute Gasteiger partial charge is 0.356 e. The summed E-state index contributed by atoms with van der Waals surface area (Å²) in [6.07, 6.45) is 10.8. The Balaban J connectivity index is 0.000000225. The van der Waals surface area contributed by atoms with Crippen molar-refractivity contribution < 1.29 is 38.1 Å². The number of hydrogen-bond donors (Lipinski definition) is 2. The molecule has 0 amide bonds. The molecule has 4 aromatic carbocycles. The topological polar surface area (TPSA) is 214 Å². The van der Waals surface area contributed by atoms with E-state index in [4.69, 9.17) is 29.1 Å². The number of carbonyl (C=O) groups is 2. The lowest BCUT2D eigenvalue weighted by Crippen LogP contribution is -2.20. The van der Waals surface area contributed by atoms with Crippen LogP contribution >= 0.6 is 0 Å². The summed E-state index contributed by atoms with van der Waals surface area (Å²) >= 11 is 0. The SMILES string of the molecule is CCCN.CCCn1ccc(=O)c(OCc2ccccc2)c1C.CCCn1ccc(=O)c(OCc2ccccc2)c1C(=O)O.CCCn1ccc(=O)c(OCc2ccccc2)c1C=O.Cc1occc(=O)c1OCc1ccccc1. The molecule has 0 atom stereocenters. The van der Waals surface area contributed by atoms with Crippen molar-refractivity contribution in [2.24, 2.45) is 5.73 Å². The molecule has 16 nitrogen and oxygen atoms in total. The van der Waals surface area contributed by atoms with Gasteiger partial charge in [-0.2, -0.15) is 0 Å². The van der Waals surface area contributed by atoms with Gasteiger partial charge in [-0.3, -0.25) is 24.0 Å². The molecular formula is C64H74N4O12. The summed E-state index contributed by atoms with van der Waals surface area (Å²) in [4.78, 5) is 69.8. The van der Waals surface area contributed by atoms with Gasteiger partial charge in [0.1, 0.15) is 37.9 Å². The molecule has 0 aliphatic heterocycles. The van der Waals surface area contributed by atoms with E-state index in [2.05, 4.69) is 18.4 Å². The molecule has 0 unspecified atom stereocenters. The Hall–Kier alpha value is -9.02. The molecule has 0 fully saturated rings. The minimum atomic E-state index is -1.16. The lowest BCUT2D eigenvalue weighted by atomic mass is 10.2. The van der Waals surface area contributed by atoms with Crippen LogP contribution in [0.3, 0.4) is 0 Å². The number of aryl methyl sites for hydroxylation is 4. The van der Waals surface area contributed by atoms with E-state index in [9.17, 15) is 33.9 Å². The average molecular weight is 1090 g/mol. The van der Waals surface area contributed by atoms with Crippen LogP contribution in [0.4, 0.5) is 0 Å². The van der Waals surface area contributed by atoms with Crippen LogP contribution in [0.2, 0.25) is 0 Å². The first-order valence-electron chi connectivity index (χ1n) is 26.6. The van der Waals surface area contributed by atoms with Gasteiger partial charge < -0.3 is 47.9 Å². The Morgan fingerprint density at radius 1 is 0.487 bits per heavy atom. The maximum atomic E-state index is 11.9. The highest BCUT2D eigenvalue weighted by atomic mass is 16.5. The molecule has 0 radical (unpaired) electrons. The Morgan fingerprint density at radius 2 is 0.838 bits per heavy atom. The summed E-state index contributed by atoms with van der Waals surface area (Å²) in [5.41, 5.74) is 9.14. The minimum absolute atomic E-state index is 0.0548. The molecule has 3 N–H and O–H groups in total. The van der Waals surface area contributed by atoms with Gasteiger partial charge in [-0.1, -0.05) is 149 Å². The van der Waals surface area contributed by atoms with Crippen LogP contribution in [-0.2, 0) is 46.1 Å². The second kappa shape index (κ2) is 35.4. The van der Waals surface area contributed by atoms with E-state index < -0.39 is 11.4 Å². The van der Waals surface area contributed by atoms with Crippen molar-refractivity contribution in [3.05, 3.63) is 256 Å². The highest BCUT2D eigenvalue weighted by Gasteiger charge is 2.19. The van der Waals surface area contributed by atoms with Gasteiger partial charge in [-0.25, -0.2) is 4.79 Å². The van der Waals surface area contributed by atoms with E-state index in [1.807, 2.05) is 148 Å². The van der Waals surface area contributed by atoms with Crippen molar-refractivity contribution in [3.63, 3.8) is 0 Å². The standard InChI is InChI=1S/C16H17NO4.C16H17NO3.C16H19NO2.C13H12O3.C3H9N/c1-2-9-17-10-8-13(18)15(14(17)16(19)20)21-11-12-6-4-3-5-7-12;1-2-9-17-10-8-15(19)16(14(17)11-18)20-12-13-6-4-3-5-7-13;1-3-10-17-11-9-15(18)16(13(17)2)19-12-14-7-5-4-6-8-14;1-10-13(12(14)7-8-15-10)16-9-11-5-3-2-4-6-11;1-2-3-4/h3-8,10H,2,9,11H2,1H3,(H,19,20);3-8,10-11H,2,9,12H2,1H3;4-9,11H,3,10,12H2,1-2H3;2-8H,9H2,1H3;2-4H2,1H3. The van der Waals surface area contributed by atoms with Crippen LogP contribution in [0.5, 0.6) is 23.0 Å². The number of aromatic carboxylic acids is 1. The fraction of sp³-hybridized carbons (Fsp3) is 0.281. The zero-order chi connectivity index (χ0) is 58.1. The summed E-state index contributed by atoms with van der Waals surface area (Å²) in [6.45, 7) is 15.9. The second-order valence-electron chi connectivity index (χ2n) is 17.9. The molecule has 4 aromatic heterocycles. The van der Waals surface area contributed by atoms with Gasteiger partial charge in [-0.15, -0.1) is 0 Å². The molecular weight excluding hydrogens is 1020 g/mol. The van der Waals surface area contributed by atoms with Crippen molar-refractivity contribution in [2.75, 3.05) is 6.54 Å². The zero-order valence-electron chi connectivity index (χ0n) is 46.6. The number of carboxylic acids is 1. The Morgan fingerprint density at radius 3 is 1.25 bits per heavy atom. The third kappa shape index (κ3) is 20.7. The highest BCUT2D eigenvalue weighted by molar-refractivity contribution is 5.88. The third-order valence-corrected chi connectivity index (χ3v) is 11.6. The van der Waals surface area contributed by atoms with Crippen LogP contribution in [0.1, 0.15) is 108 Å². The summed E-state index contributed by atoms with van der Waals surface area (Å²) in [5.74, 6) is 0.0981. The summed E-state index contributed by atoms with van der Waals surface area (Å²) in [6, 6.07) is 44.1. The molecule has 0 saturated heterocycles. The first-order valence-corrected chi connectivity index (χ1v) is 26.6. The summed E-state index contributed by atoms with van der Waals surface area (Å²) < 4.78 is 32.6. The number of pyridine rings is 3. The fourth-order valence-corrected chi connectivity index (χ4v) is 7.52. The van der Waals surface area contributed by atoms with Gasteiger partial charge in [0.05, 0.1) is 12.0 Å². The molecule has 16 heteroatoms. The lowest BCUT2D eigenvalue weighted by molar-refractivity contribution is 0.0677. The van der Waals surface area contributed by atoms with E-state index >= 15 is 0 Å². The second-order valence-corrected chi connectivity index (χ2v) is 17.9. The fourth-order valence-electron chi connectivity index (χ4n) is 7.52. The van der Waals surface area contributed by atoms with Crippen LogP contribution in [-0.4, -0.2) is 37.6 Å². The molecule has 8 aromatic rings. The van der Waals surface area contributed by atoms with Crippen LogP contribution < -0.4 is 46.4 Å². The van der Waals surface area contributed by atoms with E-state index in [1.54, 1.807) is 23.8 Å². The van der Waals surface area contributed by atoms with Crippen molar-refractivity contribution >= 4 is 12.3 Å². The average Bonchev–Trinajstić information content (AvgIpc) is 3.48. The Bertz CT molecular complexity index is 3340.